The van der Waals surface area contributed by atoms with Crippen molar-refractivity contribution < 1.29 is 9.53 Å². The Morgan fingerprint density at radius 1 is 1.55 bits per heavy atom. The summed E-state index contributed by atoms with van der Waals surface area (Å²) in [6.45, 7) is 0.614. The van der Waals surface area contributed by atoms with E-state index >= 15 is 0 Å². The number of carbonyl (C=O) groups is 1. The second-order valence-electron chi connectivity index (χ2n) is 3.21. The van der Waals surface area contributed by atoms with Crippen LogP contribution in [0.5, 0.6) is 0 Å². The first-order valence-corrected chi connectivity index (χ1v) is 4.18. The molecular weight excluding hydrogens is 140 g/mol. The quantitative estimate of drug-likeness (QED) is 0.491. The molecule has 1 atom stereocenters. The van der Waals surface area contributed by atoms with Crippen molar-refractivity contribution >= 4 is 5.78 Å². The van der Waals surface area contributed by atoms with Gasteiger partial charge in [0.15, 0.2) is 5.78 Å². The summed E-state index contributed by atoms with van der Waals surface area (Å²) >= 11 is 0. The molecular formula is C9H12O2. The van der Waals surface area contributed by atoms with Crippen molar-refractivity contribution in [2.75, 3.05) is 6.61 Å². The Bertz CT molecular complexity index is 208. The summed E-state index contributed by atoms with van der Waals surface area (Å²) in [5, 5.41) is 0. The number of hydrogen-bond donors (Lipinski definition) is 0. The largest absolute Gasteiger partial charge is 0.363 e. The fraction of sp³-hybridized carbons (Fsp3) is 0.667. The summed E-state index contributed by atoms with van der Waals surface area (Å²) < 4.78 is 5.46. The molecule has 0 aromatic rings. The minimum Gasteiger partial charge on any atom is -0.363 e. The maximum absolute atomic E-state index is 11.4. The van der Waals surface area contributed by atoms with Crippen LogP contribution in [0, 0.1) is 0 Å². The van der Waals surface area contributed by atoms with Crippen LogP contribution < -0.4 is 0 Å². The number of ketones is 1. The van der Waals surface area contributed by atoms with Gasteiger partial charge in [-0.25, -0.2) is 0 Å². The van der Waals surface area contributed by atoms with Gasteiger partial charge in [0.05, 0.1) is 6.61 Å². The van der Waals surface area contributed by atoms with E-state index in [4.69, 9.17) is 4.74 Å². The number of allylic oxidation sites excluding steroid dienone is 1. The Hall–Kier alpha value is -0.630. The second kappa shape index (κ2) is 2.45. The molecule has 1 aliphatic carbocycles. The van der Waals surface area contributed by atoms with Gasteiger partial charge in [-0.2, -0.15) is 0 Å². The minimum absolute atomic E-state index is 0.272. The zero-order chi connectivity index (χ0) is 7.73. The summed E-state index contributed by atoms with van der Waals surface area (Å²) in [6.07, 6.45) is 7.69. The van der Waals surface area contributed by atoms with E-state index in [1.165, 1.54) is 0 Å². The van der Waals surface area contributed by atoms with Crippen molar-refractivity contribution in [3.63, 3.8) is 0 Å². The lowest BCUT2D eigenvalue weighted by molar-refractivity contribution is -0.128. The van der Waals surface area contributed by atoms with Crippen LogP contribution in [0.15, 0.2) is 12.2 Å². The van der Waals surface area contributed by atoms with E-state index < -0.39 is 5.60 Å². The van der Waals surface area contributed by atoms with Gasteiger partial charge in [0.1, 0.15) is 5.60 Å². The lowest BCUT2D eigenvalue weighted by Crippen LogP contribution is -2.34. The molecule has 0 amide bonds. The molecule has 0 saturated carbocycles. The molecule has 1 unspecified atom stereocenters. The fourth-order valence-electron chi connectivity index (χ4n) is 1.81. The summed E-state index contributed by atoms with van der Waals surface area (Å²) in [6, 6.07) is 0. The van der Waals surface area contributed by atoms with Crippen molar-refractivity contribution in [3.05, 3.63) is 12.2 Å². The normalized spacial score (nSPS) is 36.9. The Morgan fingerprint density at radius 3 is 3.00 bits per heavy atom. The first-order chi connectivity index (χ1) is 5.33. The zero-order valence-corrected chi connectivity index (χ0v) is 6.51. The third kappa shape index (κ3) is 1.02. The molecule has 1 heterocycles. The highest BCUT2D eigenvalue weighted by molar-refractivity contribution is 5.91. The first kappa shape index (κ1) is 7.04. The molecule has 2 rings (SSSR count). The Balaban J connectivity index is 2.25. The number of rotatable bonds is 0. The van der Waals surface area contributed by atoms with Gasteiger partial charge < -0.3 is 4.74 Å². The molecule has 1 aliphatic heterocycles. The summed E-state index contributed by atoms with van der Waals surface area (Å²) in [7, 11) is 0. The van der Waals surface area contributed by atoms with E-state index in [-0.39, 0.29) is 5.78 Å². The molecule has 2 aliphatic rings. The van der Waals surface area contributed by atoms with Crippen molar-refractivity contribution in [1.82, 2.24) is 0 Å². The van der Waals surface area contributed by atoms with Gasteiger partial charge in [0.2, 0.25) is 0 Å². The van der Waals surface area contributed by atoms with Gasteiger partial charge in [-0.3, -0.25) is 4.79 Å². The predicted octanol–water partition coefficient (Wildman–Crippen LogP) is 1.45. The van der Waals surface area contributed by atoms with Crippen LogP contribution in [0.25, 0.3) is 0 Å². The lowest BCUT2D eigenvalue weighted by Gasteiger charge is -2.25. The molecule has 1 saturated heterocycles. The van der Waals surface area contributed by atoms with Gasteiger partial charge in [-0.05, 0) is 25.3 Å². The molecule has 0 aromatic heterocycles. The van der Waals surface area contributed by atoms with E-state index in [1.54, 1.807) is 0 Å². The van der Waals surface area contributed by atoms with Crippen molar-refractivity contribution in [1.29, 1.82) is 0 Å². The average molecular weight is 152 g/mol. The van der Waals surface area contributed by atoms with Crippen LogP contribution in [0.1, 0.15) is 25.7 Å². The van der Waals surface area contributed by atoms with Crippen LogP contribution in [-0.2, 0) is 9.53 Å². The molecule has 2 heteroatoms. The van der Waals surface area contributed by atoms with E-state index in [2.05, 4.69) is 6.08 Å². The third-order valence-electron chi connectivity index (χ3n) is 2.47. The van der Waals surface area contributed by atoms with Gasteiger partial charge >= 0.3 is 0 Å². The fourth-order valence-corrected chi connectivity index (χ4v) is 1.81. The van der Waals surface area contributed by atoms with E-state index in [0.717, 1.165) is 19.3 Å². The molecule has 0 N–H and O–H groups in total. The van der Waals surface area contributed by atoms with Crippen molar-refractivity contribution in [3.8, 4) is 0 Å². The maximum Gasteiger partial charge on any atom is 0.170 e. The van der Waals surface area contributed by atoms with E-state index in [9.17, 15) is 4.79 Å². The minimum atomic E-state index is -0.488. The highest BCUT2D eigenvalue weighted by Gasteiger charge is 2.41. The maximum atomic E-state index is 11.4. The molecule has 60 valence electrons. The second-order valence-corrected chi connectivity index (χ2v) is 3.21. The van der Waals surface area contributed by atoms with Gasteiger partial charge in [0, 0.05) is 6.42 Å². The monoisotopic (exact) mass is 152 g/mol. The molecule has 11 heavy (non-hydrogen) atoms. The zero-order valence-electron chi connectivity index (χ0n) is 6.51. The van der Waals surface area contributed by atoms with E-state index in [1.807, 2.05) is 6.08 Å². The topological polar surface area (TPSA) is 26.3 Å². The van der Waals surface area contributed by atoms with Crippen molar-refractivity contribution in [2.24, 2.45) is 0 Å². The van der Waals surface area contributed by atoms with Crippen LogP contribution in [0.3, 0.4) is 0 Å². The predicted molar refractivity (Wildman–Crippen MR) is 41.3 cm³/mol. The van der Waals surface area contributed by atoms with Crippen LogP contribution in [0.2, 0.25) is 0 Å². The highest BCUT2D eigenvalue weighted by atomic mass is 16.5. The van der Waals surface area contributed by atoms with Gasteiger partial charge in [-0.15, -0.1) is 0 Å². The standard InChI is InChI=1S/C9H12O2/c10-8-4-7-11-9(8)5-2-1-3-6-9/h2,5H,1,3-4,6-7H2. The Morgan fingerprint density at radius 2 is 2.45 bits per heavy atom. The Kier molecular flexibility index (Phi) is 1.57. The first-order valence-electron chi connectivity index (χ1n) is 4.18. The summed E-state index contributed by atoms with van der Waals surface area (Å²) in [4.78, 5) is 11.4. The summed E-state index contributed by atoms with van der Waals surface area (Å²) in [5.41, 5.74) is -0.488. The average Bonchev–Trinajstić information content (AvgIpc) is 2.36. The third-order valence-corrected chi connectivity index (χ3v) is 2.47. The van der Waals surface area contributed by atoms with E-state index in [0.29, 0.717) is 13.0 Å². The SMILES string of the molecule is O=C1CCOC12C=CCCC2. The van der Waals surface area contributed by atoms with Crippen molar-refractivity contribution in [2.45, 2.75) is 31.3 Å². The number of hydrogen-bond acceptors (Lipinski definition) is 2. The van der Waals surface area contributed by atoms with Crippen LogP contribution in [-0.4, -0.2) is 18.0 Å². The molecule has 0 aromatic carbocycles. The number of carbonyl (C=O) groups excluding carboxylic acids is 1. The molecule has 0 radical (unpaired) electrons. The Labute approximate surface area is 66.2 Å². The van der Waals surface area contributed by atoms with Crippen LogP contribution in [0.4, 0.5) is 0 Å². The molecule has 0 bridgehead atoms. The highest BCUT2D eigenvalue weighted by Crippen LogP contribution is 2.32. The molecule has 2 nitrogen and oxygen atoms in total. The van der Waals surface area contributed by atoms with Gasteiger partial charge in [0.25, 0.3) is 0 Å². The number of Topliss-reactive ketones (excluding diaryl/α,β-unsaturated/α-hetero) is 1. The molecule has 1 fully saturated rings. The smallest absolute Gasteiger partial charge is 0.170 e. The van der Waals surface area contributed by atoms with Crippen LogP contribution >= 0.6 is 0 Å². The number of ether oxygens (including phenoxy) is 1. The lowest BCUT2D eigenvalue weighted by atomic mass is 9.88. The molecule has 1 spiro atoms. The van der Waals surface area contributed by atoms with Gasteiger partial charge in [-0.1, -0.05) is 6.08 Å². The summed E-state index contributed by atoms with van der Waals surface area (Å²) in [5.74, 6) is 0.272.